The van der Waals surface area contributed by atoms with Gasteiger partial charge in [-0.05, 0) is 68.3 Å². The number of carbonyl (C=O) groups is 2. The molecule has 0 unspecified atom stereocenters. The molecular formula is C26H22F2N2O3. The molecule has 168 valence electrons. The summed E-state index contributed by atoms with van der Waals surface area (Å²) in [5.74, 6) is -3.82. The Balaban J connectivity index is 2.06. The van der Waals surface area contributed by atoms with Crippen molar-refractivity contribution in [2.75, 3.05) is 11.4 Å². The average molecular weight is 448 g/mol. The molecular weight excluding hydrogens is 426 g/mol. The minimum absolute atomic E-state index is 0.244. The maximum atomic E-state index is 14.4. The molecule has 5 nitrogen and oxygen atoms in total. The molecule has 0 saturated carbocycles. The molecule has 1 amide bonds. The van der Waals surface area contributed by atoms with Gasteiger partial charge in [-0.1, -0.05) is 30.3 Å². The summed E-state index contributed by atoms with van der Waals surface area (Å²) in [4.78, 5) is 26.8. The Morgan fingerprint density at radius 1 is 0.939 bits per heavy atom. The van der Waals surface area contributed by atoms with Gasteiger partial charge in [-0.25, -0.2) is 8.78 Å². The summed E-state index contributed by atoms with van der Waals surface area (Å²) in [5.41, 5.74) is 0.479. The van der Waals surface area contributed by atoms with Gasteiger partial charge in [0, 0.05) is 5.69 Å². The zero-order valence-corrected chi connectivity index (χ0v) is 18.4. The summed E-state index contributed by atoms with van der Waals surface area (Å²) in [6.45, 7) is 4.48. The molecule has 0 aromatic heterocycles. The topological polar surface area (TPSA) is 70.4 Å². The van der Waals surface area contributed by atoms with Crippen molar-refractivity contribution >= 4 is 17.6 Å². The van der Waals surface area contributed by atoms with Crippen LogP contribution in [0.25, 0.3) is 11.1 Å². The molecule has 0 saturated heterocycles. The van der Waals surface area contributed by atoms with Gasteiger partial charge in [0.15, 0.2) is 0 Å². The van der Waals surface area contributed by atoms with Crippen LogP contribution >= 0.6 is 0 Å². The number of ether oxygens (including phenoxy) is 1. The number of benzene rings is 3. The van der Waals surface area contributed by atoms with Crippen LogP contribution in [0.4, 0.5) is 14.5 Å². The molecule has 0 aliphatic rings. The van der Waals surface area contributed by atoms with Gasteiger partial charge in [-0.15, -0.1) is 0 Å². The van der Waals surface area contributed by atoms with E-state index in [1.54, 1.807) is 69.3 Å². The second kappa shape index (κ2) is 9.61. The lowest BCUT2D eigenvalue weighted by Crippen LogP contribution is -2.39. The average Bonchev–Trinajstić information content (AvgIpc) is 2.76. The van der Waals surface area contributed by atoms with Gasteiger partial charge in [-0.2, -0.15) is 5.26 Å². The van der Waals surface area contributed by atoms with Crippen LogP contribution in [0.15, 0.2) is 66.7 Å². The van der Waals surface area contributed by atoms with Crippen molar-refractivity contribution in [1.82, 2.24) is 0 Å². The molecule has 7 heteroatoms. The number of carbonyl (C=O) groups excluding carboxylic acids is 2. The predicted octanol–water partition coefficient (Wildman–Crippen LogP) is 5.49. The number of nitriles is 1. The van der Waals surface area contributed by atoms with Crippen LogP contribution in [0.1, 0.15) is 36.7 Å². The Hall–Kier alpha value is -4.05. The fraction of sp³-hybridized carbons (Fsp3) is 0.192. The van der Waals surface area contributed by atoms with Crippen LogP contribution in [0.2, 0.25) is 0 Å². The van der Waals surface area contributed by atoms with E-state index in [1.807, 2.05) is 0 Å². The third kappa shape index (κ3) is 5.80. The van der Waals surface area contributed by atoms with Gasteiger partial charge in [0.2, 0.25) is 0 Å². The summed E-state index contributed by atoms with van der Waals surface area (Å²) in [6.07, 6.45) is 0. The van der Waals surface area contributed by atoms with Crippen LogP contribution in [0.3, 0.4) is 0 Å². The highest BCUT2D eigenvalue weighted by Gasteiger charge is 2.28. The van der Waals surface area contributed by atoms with Gasteiger partial charge < -0.3 is 4.74 Å². The van der Waals surface area contributed by atoms with E-state index in [4.69, 9.17) is 10.00 Å². The molecule has 0 heterocycles. The molecule has 33 heavy (non-hydrogen) atoms. The molecule has 3 aromatic rings. The number of anilines is 1. The molecule has 0 N–H and O–H groups in total. The first-order valence-electron chi connectivity index (χ1n) is 10.2. The largest absolute Gasteiger partial charge is 0.459 e. The SMILES string of the molecule is CC(C)(C)OC(=O)CN(C(=O)c1c(F)cccc1F)c1cccc(-c2cccc(C#N)c2)c1. The Bertz CT molecular complexity index is 1220. The Morgan fingerprint density at radius 2 is 1.52 bits per heavy atom. The van der Waals surface area contributed by atoms with E-state index in [0.29, 0.717) is 16.7 Å². The van der Waals surface area contributed by atoms with E-state index in [9.17, 15) is 18.4 Å². The van der Waals surface area contributed by atoms with Crippen molar-refractivity contribution in [3.63, 3.8) is 0 Å². The number of halogens is 2. The molecule has 0 radical (unpaired) electrons. The maximum absolute atomic E-state index is 14.4. The zero-order valence-electron chi connectivity index (χ0n) is 18.4. The van der Waals surface area contributed by atoms with Crippen molar-refractivity contribution in [2.24, 2.45) is 0 Å². The minimum atomic E-state index is -1.04. The summed E-state index contributed by atoms with van der Waals surface area (Å²) < 4.78 is 34.1. The number of nitrogens with zero attached hydrogens (tertiary/aromatic N) is 2. The van der Waals surface area contributed by atoms with Crippen LogP contribution < -0.4 is 4.90 Å². The molecule has 0 fully saturated rings. The van der Waals surface area contributed by atoms with E-state index < -0.39 is 41.2 Å². The normalized spacial score (nSPS) is 10.9. The second-order valence-corrected chi connectivity index (χ2v) is 8.32. The molecule has 3 aromatic carbocycles. The lowest BCUT2D eigenvalue weighted by atomic mass is 10.0. The predicted molar refractivity (Wildman–Crippen MR) is 120 cm³/mol. The van der Waals surface area contributed by atoms with Gasteiger partial charge in [0.05, 0.1) is 11.6 Å². The fourth-order valence-corrected chi connectivity index (χ4v) is 3.24. The smallest absolute Gasteiger partial charge is 0.326 e. The summed E-state index contributed by atoms with van der Waals surface area (Å²) in [7, 11) is 0. The fourth-order valence-electron chi connectivity index (χ4n) is 3.24. The quantitative estimate of drug-likeness (QED) is 0.484. The number of hydrogen-bond acceptors (Lipinski definition) is 4. The highest BCUT2D eigenvalue weighted by molar-refractivity contribution is 6.09. The number of hydrogen-bond donors (Lipinski definition) is 0. The van der Waals surface area contributed by atoms with E-state index >= 15 is 0 Å². The molecule has 0 aliphatic heterocycles. The van der Waals surface area contributed by atoms with Gasteiger partial charge in [0.25, 0.3) is 5.91 Å². The zero-order chi connectivity index (χ0) is 24.2. The van der Waals surface area contributed by atoms with Crippen molar-refractivity contribution < 1.29 is 23.1 Å². The van der Waals surface area contributed by atoms with E-state index in [0.717, 1.165) is 23.1 Å². The van der Waals surface area contributed by atoms with E-state index in [-0.39, 0.29) is 5.69 Å². The first-order valence-corrected chi connectivity index (χ1v) is 10.2. The van der Waals surface area contributed by atoms with E-state index in [2.05, 4.69) is 6.07 Å². The molecule has 0 atom stereocenters. The Kier molecular flexibility index (Phi) is 6.88. The lowest BCUT2D eigenvalue weighted by molar-refractivity contribution is -0.152. The Morgan fingerprint density at radius 3 is 2.12 bits per heavy atom. The van der Waals surface area contributed by atoms with Crippen molar-refractivity contribution in [3.8, 4) is 17.2 Å². The van der Waals surface area contributed by atoms with Crippen molar-refractivity contribution in [2.45, 2.75) is 26.4 Å². The standard InChI is InChI=1S/C26H22F2N2O3/c1-26(2,3)33-23(31)16-30(25(32)24-21(27)11-6-12-22(24)28)20-10-5-9-19(14-20)18-8-4-7-17(13-18)15-29/h4-14H,16H2,1-3H3. The first-order chi connectivity index (χ1) is 15.6. The first kappa shape index (κ1) is 23.6. The number of esters is 1. The second-order valence-electron chi connectivity index (χ2n) is 8.32. The third-order valence-corrected chi connectivity index (χ3v) is 4.61. The Labute approximate surface area is 190 Å². The maximum Gasteiger partial charge on any atom is 0.326 e. The summed E-state index contributed by atoms with van der Waals surface area (Å²) in [5, 5.41) is 9.17. The third-order valence-electron chi connectivity index (χ3n) is 4.61. The molecule has 3 rings (SSSR count). The molecule has 0 aliphatic carbocycles. The van der Waals surface area contributed by atoms with Crippen LogP contribution in [0.5, 0.6) is 0 Å². The van der Waals surface area contributed by atoms with Gasteiger partial charge >= 0.3 is 5.97 Å². The molecule has 0 spiro atoms. The van der Waals surface area contributed by atoms with Gasteiger partial charge in [0.1, 0.15) is 29.3 Å². The summed E-state index contributed by atoms with van der Waals surface area (Å²) in [6, 6.07) is 18.6. The highest BCUT2D eigenvalue weighted by Crippen LogP contribution is 2.27. The van der Waals surface area contributed by atoms with Crippen LogP contribution in [0, 0.1) is 23.0 Å². The van der Waals surface area contributed by atoms with Crippen molar-refractivity contribution in [3.05, 3.63) is 89.5 Å². The number of rotatable bonds is 5. The van der Waals surface area contributed by atoms with Crippen LogP contribution in [-0.2, 0) is 9.53 Å². The number of amides is 1. The van der Waals surface area contributed by atoms with Crippen molar-refractivity contribution in [1.29, 1.82) is 5.26 Å². The monoisotopic (exact) mass is 448 g/mol. The highest BCUT2D eigenvalue weighted by atomic mass is 19.1. The van der Waals surface area contributed by atoms with Gasteiger partial charge in [-0.3, -0.25) is 14.5 Å². The van der Waals surface area contributed by atoms with E-state index in [1.165, 1.54) is 0 Å². The lowest BCUT2D eigenvalue weighted by Gasteiger charge is -2.26. The minimum Gasteiger partial charge on any atom is -0.459 e. The molecule has 0 bridgehead atoms. The summed E-state index contributed by atoms with van der Waals surface area (Å²) >= 11 is 0. The van der Waals surface area contributed by atoms with Crippen LogP contribution in [-0.4, -0.2) is 24.0 Å².